The minimum absolute atomic E-state index is 0.102. The van der Waals surface area contributed by atoms with Crippen molar-refractivity contribution >= 4 is 85.3 Å². The van der Waals surface area contributed by atoms with Gasteiger partial charge in [0.1, 0.15) is 0 Å². The van der Waals surface area contributed by atoms with Crippen LogP contribution in [0.4, 0.5) is 0 Å². The van der Waals surface area contributed by atoms with Crippen LogP contribution >= 0.6 is 0 Å². The average molecular weight is 691 g/mol. The Morgan fingerprint density at radius 3 is 1.45 bits per heavy atom. The first kappa shape index (κ1) is 34.0. The van der Waals surface area contributed by atoms with Crippen LogP contribution < -0.4 is 10.4 Å². The van der Waals surface area contributed by atoms with Gasteiger partial charge >= 0.3 is 8.56 Å². The van der Waals surface area contributed by atoms with E-state index in [4.69, 9.17) is 13.6 Å². The summed E-state index contributed by atoms with van der Waals surface area (Å²) in [5, 5.41) is 18.0. The minimum Gasteiger partial charge on any atom is -0.394 e. The minimum atomic E-state index is -2.26. The quantitative estimate of drug-likeness (QED) is 0.0943. The predicted octanol–water partition coefficient (Wildman–Crippen LogP) is 11.3. The van der Waals surface area contributed by atoms with Crippen molar-refractivity contribution < 1.29 is 13.6 Å². The third kappa shape index (κ3) is 6.49. The van der Waals surface area contributed by atoms with Crippen LogP contribution in [-0.4, -0.2) is 34.5 Å². The molecule has 1 aliphatic rings. The largest absolute Gasteiger partial charge is 0.394 e. The lowest BCUT2D eigenvalue weighted by atomic mass is 9.76. The highest BCUT2D eigenvalue weighted by atomic mass is 28.4. The maximum Gasteiger partial charge on any atom is 0.337 e. The second-order valence-corrected chi connectivity index (χ2v) is 18.5. The van der Waals surface area contributed by atoms with E-state index in [0.29, 0.717) is 13.2 Å². The fourth-order valence-corrected chi connectivity index (χ4v) is 11.5. The third-order valence-corrected chi connectivity index (χ3v) is 15.1. The van der Waals surface area contributed by atoms with Crippen molar-refractivity contribution in [3.05, 3.63) is 107 Å². The summed E-state index contributed by atoms with van der Waals surface area (Å²) >= 11 is 0. The third-order valence-electron chi connectivity index (χ3n) is 11.4. The molecule has 260 valence electrons. The number of rotatable bonds is 12. The smallest absolute Gasteiger partial charge is 0.337 e. The molecule has 0 saturated carbocycles. The normalized spacial score (nSPS) is 17.0. The second-order valence-electron chi connectivity index (χ2n) is 14.9. The van der Waals surface area contributed by atoms with Gasteiger partial charge in [-0.15, -0.1) is 0 Å². The first-order chi connectivity index (χ1) is 24.8. The van der Waals surface area contributed by atoms with E-state index in [-0.39, 0.29) is 11.5 Å². The topological polar surface area (TPSA) is 27.7 Å². The summed E-state index contributed by atoms with van der Waals surface area (Å²) in [7, 11) is -2.26. The Hall–Kier alpha value is -4.06. The number of hydrogen-bond donors (Lipinski definition) is 0. The van der Waals surface area contributed by atoms with E-state index >= 15 is 0 Å². The molecule has 0 fully saturated rings. The molecule has 7 aromatic carbocycles. The molecule has 0 bridgehead atoms. The molecule has 8 rings (SSSR count). The summed E-state index contributed by atoms with van der Waals surface area (Å²) < 4.78 is 19.4. The van der Waals surface area contributed by atoms with Crippen molar-refractivity contribution in [2.75, 3.05) is 19.8 Å². The average Bonchev–Trinajstić information content (AvgIpc) is 3.13. The van der Waals surface area contributed by atoms with Crippen LogP contribution in [0.1, 0.15) is 53.9 Å². The molecule has 4 heteroatoms. The van der Waals surface area contributed by atoms with Crippen molar-refractivity contribution in [1.29, 1.82) is 0 Å². The molecule has 0 aliphatic heterocycles. The fourth-order valence-electron chi connectivity index (χ4n) is 8.61. The molecule has 0 heterocycles. The lowest BCUT2D eigenvalue weighted by molar-refractivity contribution is -0.00814. The Kier molecular flexibility index (Phi) is 9.22. The number of ether oxygens (including phenoxy) is 1. The zero-order valence-corrected chi connectivity index (χ0v) is 31.9. The van der Waals surface area contributed by atoms with Crippen LogP contribution in [0.2, 0.25) is 12.1 Å². The SMILES string of the molecule is CCCOC(CC[Si](CC)(OCC)OCC)C1(C)C=c2cc3cc4cc5cc6cc7cc8ccccc8cc7cc6cc5cc4cc3cc2=CC1. The molecular formula is C47H50O3Si. The van der Waals surface area contributed by atoms with Crippen LogP contribution in [0.15, 0.2) is 97.1 Å². The first-order valence-corrected chi connectivity index (χ1v) is 21.4. The van der Waals surface area contributed by atoms with Gasteiger partial charge in [0.2, 0.25) is 0 Å². The maximum atomic E-state index is 6.66. The molecule has 51 heavy (non-hydrogen) atoms. The van der Waals surface area contributed by atoms with Crippen molar-refractivity contribution in [3.8, 4) is 0 Å². The lowest BCUT2D eigenvalue weighted by Gasteiger charge is -2.38. The highest BCUT2D eigenvalue weighted by Crippen LogP contribution is 2.38. The van der Waals surface area contributed by atoms with Crippen LogP contribution in [0, 0.1) is 5.41 Å². The van der Waals surface area contributed by atoms with Gasteiger partial charge in [-0.25, -0.2) is 0 Å². The summed E-state index contributed by atoms with van der Waals surface area (Å²) in [6, 6.07) is 39.0. The highest BCUT2D eigenvalue weighted by Gasteiger charge is 2.40. The number of fused-ring (bicyclic) bond motifs is 7. The van der Waals surface area contributed by atoms with Gasteiger partial charge in [0.15, 0.2) is 0 Å². The molecule has 0 amide bonds. The summed E-state index contributed by atoms with van der Waals surface area (Å²) in [5.41, 5.74) is -0.104. The van der Waals surface area contributed by atoms with Gasteiger partial charge in [-0.3, -0.25) is 0 Å². The summed E-state index contributed by atoms with van der Waals surface area (Å²) in [6.07, 6.45) is 7.96. The highest BCUT2D eigenvalue weighted by molar-refractivity contribution is 6.67. The lowest BCUT2D eigenvalue weighted by Crippen LogP contribution is -2.45. The Balaban J connectivity index is 1.17. The van der Waals surface area contributed by atoms with E-state index in [9.17, 15) is 0 Å². The Labute approximate surface area is 302 Å². The molecule has 0 N–H and O–H groups in total. The summed E-state index contributed by atoms with van der Waals surface area (Å²) in [6.45, 7) is 13.2. The maximum absolute atomic E-state index is 6.66. The van der Waals surface area contributed by atoms with Gasteiger partial charge in [0.25, 0.3) is 0 Å². The molecule has 2 unspecified atom stereocenters. The van der Waals surface area contributed by atoms with Crippen molar-refractivity contribution in [3.63, 3.8) is 0 Å². The molecule has 0 aromatic heterocycles. The van der Waals surface area contributed by atoms with E-state index in [2.05, 4.69) is 144 Å². The molecule has 7 aromatic rings. The molecule has 0 radical (unpaired) electrons. The molecular weight excluding hydrogens is 641 g/mol. The standard InChI is InChI=1S/C47H50O3Si/c1-6-17-48-46(15-18-51(9-4,49-7-2)50-8-3)47(5)16-14-34-21-37-24-40-27-41-25-38-22-35-19-32-12-10-11-13-33(32)20-36(35)23-39(38)26-42(41)28-43(40)29-44(37)30-45(34)31-47/h10-14,19-31,46H,6-9,15-18H2,1-5H3. The molecule has 1 aliphatic carbocycles. The van der Waals surface area contributed by atoms with E-state index in [1.807, 2.05) is 0 Å². The Morgan fingerprint density at radius 1 is 0.588 bits per heavy atom. The van der Waals surface area contributed by atoms with Crippen LogP contribution in [0.3, 0.4) is 0 Å². The molecule has 0 spiro atoms. The fraction of sp³-hybridized carbons (Fsp3) is 0.319. The van der Waals surface area contributed by atoms with Gasteiger partial charge in [-0.1, -0.05) is 57.2 Å². The zero-order chi connectivity index (χ0) is 35.2. The monoisotopic (exact) mass is 690 g/mol. The van der Waals surface area contributed by atoms with Crippen LogP contribution in [-0.2, 0) is 13.6 Å². The van der Waals surface area contributed by atoms with E-state index in [0.717, 1.165) is 38.0 Å². The predicted molar refractivity (Wildman–Crippen MR) is 221 cm³/mol. The van der Waals surface area contributed by atoms with E-state index < -0.39 is 8.56 Å². The summed E-state index contributed by atoms with van der Waals surface area (Å²) in [5.74, 6) is 0. The number of hydrogen-bond acceptors (Lipinski definition) is 3. The van der Waals surface area contributed by atoms with Crippen molar-refractivity contribution in [2.24, 2.45) is 5.41 Å². The first-order valence-electron chi connectivity index (χ1n) is 19.1. The Bertz CT molecular complexity index is 2550. The van der Waals surface area contributed by atoms with Crippen molar-refractivity contribution in [1.82, 2.24) is 0 Å². The zero-order valence-electron chi connectivity index (χ0n) is 30.9. The van der Waals surface area contributed by atoms with Gasteiger partial charge in [0, 0.05) is 25.2 Å². The number of benzene rings is 7. The van der Waals surface area contributed by atoms with Crippen LogP contribution in [0.5, 0.6) is 0 Å². The van der Waals surface area contributed by atoms with Gasteiger partial charge in [-0.05, 0) is 193 Å². The van der Waals surface area contributed by atoms with E-state index in [1.54, 1.807) is 0 Å². The second kappa shape index (κ2) is 13.8. The van der Waals surface area contributed by atoms with Gasteiger partial charge in [0.05, 0.1) is 6.10 Å². The van der Waals surface area contributed by atoms with Gasteiger partial charge in [-0.2, -0.15) is 0 Å². The van der Waals surface area contributed by atoms with E-state index in [1.165, 1.54) is 75.1 Å². The van der Waals surface area contributed by atoms with Crippen molar-refractivity contribution in [2.45, 2.75) is 72.1 Å². The Morgan fingerprint density at radius 2 is 1.02 bits per heavy atom. The molecule has 2 atom stereocenters. The summed E-state index contributed by atoms with van der Waals surface area (Å²) in [4.78, 5) is 0. The van der Waals surface area contributed by atoms with Gasteiger partial charge < -0.3 is 13.6 Å². The van der Waals surface area contributed by atoms with Crippen LogP contribution in [0.25, 0.3) is 76.8 Å². The molecule has 3 nitrogen and oxygen atoms in total. The molecule has 0 saturated heterocycles.